The molecule has 0 aliphatic rings. The molecule has 2 rings (SSSR count). The maximum Gasteiger partial charge on any atom is 0.451 e. The fraction of sp³-hybridized carbons (Fsp3) is 0.267. The third-order valence-corrected chi connectivity index (χ3v) is 4.00. The van der Waals surface area contributed by atoms with Crippen molar-refractivity contribution in [1.82, 2.24) is 15.3 Å². The number of aromatic nitrogens is 2. The van der Waals surface area contributed by atoms with Gasteiger partial charge in [-0.15, -0.1) is 6.58 Å². The van der Waals surface area contributed by atoms with Gasteiger partial charge in [-0.1, -0.05) is 36.0 Å². The van der Waals surface area contributed by atoms with Crippen LogP contribution in [0, 0.1) is 0 Å². The van der Waals surface area contributed by atoms with Gasteiger partial charge in [-0.2, -0.15) is 13.2 Å². The molecule has 2 aromatic rings. The fourth-order valence-electron chi connectivity index (χ4n) is 1.80. The van der Waals surface area contributed by atoms with E-state index in [9.17, 15) is 18.0 Å². The Morgan fingerprint density at radius 2 is 2.09 bits per heavy atom. The van der Waals surface area contributed by atoms with Gasteiger partial charge in [-0.3, -0.25) is 4.79 Å². The largest absolute Gasteiger partial charge is 0.451 e. The summed E-state index contributed by atoms with van der Waals surface area (Å²) in [5, 5.41) is 2.61. The first-order valence-corrected chi connectivity index (χ1v) is 7.60. The molecule has 0 spiro atoms. The minimum atomic E-state index is -4.65. The minimum Gasteiger partial charge on any atom is -0.352 e. The van der Waals surface area contributed by atoms with Crippen molar-refractivity contribution >= 4 is 28.6 Å². The van der Waals surface area contributed by atoms with Gasteiger partial charge in [0.05, 0.1) is 10.8 Å². The van der Waals surface area contributed by atoms with E-state index in [0.29, 0.717) is 11.9 Å². The quantitative estimate of drug-likeness (QED) is 0.514. The van der Waals surface area contributed by atoms with Crippen LogP contribution in [0.2, 0.25) is 0 Å². The van der Waals surface area contributed by atoms with Crippen LogP contribution >= 0.6 is 11.8 Å². The molecule has 0 unspecified atom stereocenters. The van der Waals surface area contributed by atoms with Crippen molar-refractivity contribution in [3.8, 4) is 0 Å². The van der Waals surface area contributed by atoms with Gasteiger partial charge in [-0.05, 0) is 13.0 Å². The topological polar surface area (TPSA) is 54.9 Å². The smallest absolute Gasteiger partial charge is 0.352 e. The molecule has 0 fully saturated rings. The molecule has 0 saturated carbocycles. The first-order chi connectivity index (χ1) is 10.8. The van der Waals surface area contributed by atoms with Crippen LogP contribution in [-0.2, 0) is 11.0 Å². The maximum atomic E-state index is 12.9. The normalized spacial score (nSPS) is 12.9. The highest BCUT2D eigenvalue weighted by Crippen LogP contribution is 2.33. The standard InChI is InChI=1S/C15H14F3N3OS/c1-3-8-19-12(22)9(2)23-13-10-6-4-5-7-11(10)20-14(21-13)15(16,17)18/h3-7,9H,1,8H2,2H3,(H,19,22)/t9-/m0/s1. The van der Waals surface area contributed by atoms with Crippen LogP contribution in [0.5, 0.6) is 0 Å². The molecule has 1 amide bonds. The second-order valence-corrected chi connectivity index (χ2v) is 5.99. The molecule has 4 nitrogen and oxygen atoms in total. The second kappa shape index (κ2) is 6.99. The van der Waals surface area contributed by atoms with Gasteiger partial charge in [0, 0.05) is 11.9 Å². The van der Waals surface area contributed by atoms with Crippen LogP contribution < -0.4 is 5.32 Å². The van der Waals surface area contributed by atoms with E-state index in [4.69, 9.17) is 0 Å². The number of carbonyl (C=O) groups excluding carboxylic acids is 1. The van der Waals surface area contributed by atoms with Crippen LogP contribution in [0.3, 0.4) is 0 Å². The van der Waals surface area contributed by atoms with Gasteiger partial charge in [0.1, 0.15) is 5.03 Å². The van der Waals surface area contributed by atoms with Crippen LogP contribution in [0.15, 0.2) is 41.9 Å². The summed E-state index contributed by atoms with van der Waals surface area (Å²) >= 11 is 0.964. The maximum absolute atomic E-state index is 12.9. The molecule has 1 N–H and O–H groups in total. The number of nitrogens with zero attached hydrogens (tertiary/aromatic N) is 2. The molecule has 0 aliphatic carbocycles. The van der Waals surface area contributed by atoms with Gasteiger partial charge >= 0.3 is 6.18 Å². The Balaban J connectivity index is 2.38. The summed E-state index contributed by atoms with van der Waals surface area (Å²) in [6.07, 6.45) is -3.12. The number of para-hydroxylation sites is 1. The van der Waals surface area contributed by atoms with Crippen molar-refractivity contribution in [3.63, 3.8) is 0 Å². The minimum absolute atomic E-state index is 0.129. The Morgan fingerprint density at radius 3 is 2.74 bits per heavy atom. The van der Waals surface area contributed by atoms with Crippen molar-refractivity contribution in [3.05, 3.63) is 42.7 Å². The molecule has 8 heteroatoms. The number of hydrogen-bond acceptors (Lipinski definition) is 4. The molecule has 23 heavy (non-hydrogen) atoms. The van der Waals surface area contributed by atoms with Crippen molar-refractivity contribution in [1.29, 1.82) is 0 Å². The van der Waals surface area contributed by atoms with Crippen LogP contribution in [0.25, 0.3) is 10.9 Å². The lowest BCUT2D eigenvalue weighted by atomic mass is 10.2. The number of nitrogens with one attached hydrogen (secondary N) is 1. The highest BCUT2D eigenvalue weighted by molar-refractivity contribution is 8.00. The van der Waals surface area contributed by atoms with Crippen LogP contribution in [0.4, 0.5) is 13.2 Å². The van der Waals surface area contributed by atoms with Crippen molar-refractivity contribution < 1.29 is 18.0 Å². The molecule has 1 aromatic heterocycles. The molecular formula is C15H14F3N3OS. The average Bonchev–Trinajstić information content (AvgIpc) is 2.51. The van der Waals surface area contributed by atoms with Crippen molar-refractivity contribution in [2.24, 2.45) is 0 Å². The van der Waals surface area contributed by atoms with Gasteiger partial charge in [-0.25, -0.2) is 9.97 Å². The second-order valence-electron chi connectivity index (χ2n) is 4.66. The van der Waals surface area contributed by atoms with Gasteiger partial charge in [0.15, 0.2) is 0 Å². The summed E-state index contributed by atoms with van der Waals surface area (Å²) in [7, 11) is 0. The third-order valence-electron chi connectivity index (χ3n) is 2.90. The molecule has 0 saturated heterocycles. The van der Waals surface area contributed by atoms with E-state index in [1.807, 2.05) is 0 Å². The lowest BCUT2D eigenvalue weighted by molar-refractivity contribution is -0.145. The predicted octanol–water partition coefficient (Wildman–Crippen LogP) is 3.43. The lowest BCUT2D eigenvalue weighted by Crippen LogP contribution is -2.31. The van der Waals surface area contributed by atoms with E-state index in [1.54, 1.807) is 25.1 Å². The number of alkyl halides is 3. The number of hydrogen-bond donors (Lipinski definition) is 1. The number of amides is 1. The first kappa shape index (κ1) is 17.3. The van der Waals surface area contributed by atoms with Crippen LogP contribution in [0.1, 0.15) is 12.7 Å². The number of halogens is 3. The molecule has 0 aliphatic heterocycles. The molecule has 0 bridgehead atoms. The number of thioether (sulfide) groups is 1. The molecule has 0 radical (unpaired) electrons. The summed E-state index contributed by atoms with van der Waals surface area (Å²) < 4.78 is 38.8. The molecular weight excluding hydrogens is 327 g/mol. The zero-order chi connectivity index (χ0) is 17.0. The Morgan fingerprint density at radius 1 is 1.39 bits per heavy atom. The average molecular weight is 341 g/mol. The van der Waals surface area contributed by atoms with E-state index in [-0.39, 0.29) is 16.4 Å². The fourth-order valence-corrected chi connectivity index (χ4v) is 2.77. The van der Waals surface area contributed by atoms with Gasteiger partial charge in [0.2, 0.25) is 11.7 Å². The predicted molar refractivity (Wildman–Crippen MR) is 83.1 cm³/mol. The number of benzene rings is 1. The Kier molecular flexibility index (Phi) is 5.25. The Labute approximate surface area is 135 Å². The number of carbonyl (C=O) groups is 1. The molecule has 1 heterocycles. The highest BCUT2D eigenvalue weighted by atomic mass is 32.2. The molecule has 1 aromatic carbocycles. The van der Waals surface area contributed by atoms with Gasteiger partial charge < -0.3 is 5.32 Å². The van der Waals surface area contributed by atoms with E-state index in [2.05, 4.69) is 21.9 Å². The zero-order valence-corrected chi connectivity index (χ0v) is 13.0. The summed E-state index contributed by atoms with van der Waals surface area (Å²) in [6.45, 7) is 5.39. The van der Waals surface area contributed by atoms with Crippen LogP contribution in [-0.4, -0.2) is 27.7 Å². The summed E-state index contributed by atoms with van der Waals surface area (Å²) in [4.78, 5) is 19.0. The van der Waals surface area contributed by atoms with E-state index in [0.717, 1.165) is 11.8 Å². The molecule has 1 atom stereocenters. The Hall–Kier alpha value is -2.09. The summed E-state index contributed by atoms with van der Waals surface area (Å²) in [5.41, 5.74) is 0.191. The summed E-state index contributed by atoms with van der Waals surface area (Å²) in [6, 6.07) is 6.40. The van der Waals surface area contributed by atoms with Crippen molar-refractivity contribution in [2.75, 3.05) is 6.54 Å². The highest BCUT2D eigenvalue weighted by Gasteiger charge is 2.35. The van der Waals surface area contributed by atoms with Crippen molar-refractivity contribution in [2.45, 2.75) is 23.4 Å². The summed E-state index contributed by atoms with van der Waals surface area (Å²) in [5.74, 6) is -1.51. The lowest BCUT2D eigenvalue weighted by Gasteiger charge is -2.14. The SMILES string of the molecule is C=CCNC(=O)[C@H](C)Sc1nc(C(F)(F)F)nc2ccccc12. The Bertz CT molecular complexity index is 733. The monoisotopic (exact) mass is 341 g/mol. The van der Waals surface area contributed by atoms with E-state index >= 15 is 0 Å². The first-order valence-electron chi connectivity index (χ1n) is 6.72. The van der Waals surface area contributed by atoms with E-state index in [1.165, 1.54) is 12.1 Å². The van der Waals surface area contributed by atoms with Gasteiger partial charge in [0.25, 0.3) is 0 Å². The van der Waals surface area contributed by atoms with E-state index < -0.39 is 17.3 Å². The molecule has 122 valence electrons. The number of fused-ring (bicyclic) bond motifs is 1. The number of rotatable bonds is 5. The zero-order valence-electron chi connectivity index (χ0n) is 12.2. The third kappa shape index (κ3) is 4.22.